The summed E-state index contributed by atoms with van der Waals surface area (Å²) in [5, 5.41) is 11.5. The predicted molar refractivity (Wildman–Crippen MR) is 121 cm³/mol. The SMILES string of the molecule is Cc1nnc([C@H]2CCCC(N(NC(=O)C(=O)Nc3ccc(Br)cn3)C(=O)OC(C)(C)C)C2)o1. The van der Waals surface area contributed by atoms with E-state index < -0.39 is 29.6 Å². The minimum atomic E-state index is -1.01. The van der Waals surface area contributed by atoms with Gasteiger partial charge >= 0.3 is 17.9 Å². The van der Waals surface area contributed by atoms with Crippen molar-refractivity contribution in [2.75, 3.05) is 5.32 Å². The van der Waals surface area contributed by atoms with Gasteiger partial charge in [0, 0.05) is 23.5 Å². The van der Waals surface area contributed by atoms with E-state index in [1.807, 2.05) is 0 Å². The normalized spacial score (nSPS) is 18.3. The largest absolute Gasteiger partial charge is 0.442 e. The number of hydrogen-bond acceptors (Lipinski definition) is 8. The van der Waals surface area contributed by atoms with E-state index in [-0.39, 0.29) is 11.7 Å². The highest BCUT2D eigenvalue weighted by molar-refractivity contribution is 9.10. The number of rotatable bonds is 3. The van der Waals surface area contributed by atoms with Crippen molar-refractivity contribution in [1.29, 1.82) is 0 Å². The summed E-state index contributed by atoms with van der Waals surface area (Å²) in [6, 6.07) is 2.79. The Morgan fingerprint density at radius 2 is 1.94 bits per heavy atom. The number of hydrogen-bond donors (Lipinski definition) is 2. The van der Waals surface area contributed by atoms with Gasteiger partial charge in [0.15, 0.2) is 0 Å². The number of amides is 3. The predicted octanol–water partition coefficient (Wildman–Crippen LogP) is 3.47. The van der Waals surface area contributed by atoms with Gasteiger partial charge in [-0.15, -0.1) is 10.2 Å². The van der Waals surface area contributed by atoms with E-state index in [0.29, 0.717) is 24.6 Å². The molecule has 0 radical (unpaired) electrons. The fourth-order valence-electron chi connectivity index (χ4n) is 3.48. The minimum Gasteiger partial charge on any atom is -0.442 e. The molecule has 11 nitrogen and oxygen atoms in total. The first-order valence-corrected chi connectivity index (χ1v) is 11.4. The molecule has 2 aromatic rings. The number of hydrazine groups is 1. The molecule has 1 aliphatic carbocycles. The molecule has 0 aromatic carbocycles. The summed E-state index contributed by atoms with van der Waals surface area (Å²) in [5.41, 5.74) is 1.63. The maximum Gasteiger partial charge on any atom is 0.429 e. The van der Waals surface area contributed by atoms with Gasteiger partial charge in [-0.25, -0.2) is 14.8 Å². The summed E-state index contributed by atoms with van der Waals surface area (Å²) in [6.07, 6.45) is 3.39. The molecule has 33 heavy (non-hydrogen) atoms. The Kier molecular flexibility index (Phi) is 7.67. The van der Waals surface area contributed by atoms with Gasteiger partial charge in [0.05, 0.1) is 6.04 Å². The molecule has 1 unspecified atom stereocenters. The molecule has 12 heteroatoms. The van der Waals surface area contributed by atoms with Gasteiger partial charge in [-0.2, -0.15) is 0 Å². The average Bonchev–Trinajstić information content (AvgIpc) is 3.18. The molecule has 178 valence electrons. The van der Waals surface area contributed by atoms with Crippen molar-refractivity contribution in [3.05, 3.63) is 34.6 Å². The van der Waals surface area contributed by atoms with Crippen LogP contribution in [0.1, 0.15) is 64.2 Å². The van der Waals surface area contributed by atoms with Crippen LogP contribution in [0, 0.1) is 6.92 Å². The average molecular weight is 523 g/mol. The summed E-state index contributed by atoms with van der Waals surface area (Å²) >= 11 is 3.25. The lowest BCUT2D eigenvalue weighted by atomic mass is 9.85. The van der Waals surface area contributed by atoms with Crippen LogP contribution in [0.3, 0.4) is 0 Å². The van der Waals surface area contributed by atoms with E-state index in [2.05, 4.69) is 41.9 Å². The van der Waals surface area contributed by atoms with Crippen LogP contribution in [0.4, 0.5) is 10.6 Å². The van der Waals surface area contributed by atoms with Crippen LogP contribution in [0.15, 0.2) is 27.2 Å². The van der Waals surface area contributed by atoms with Crippen LogP contribution in [-0.4, -0.2) is 49.7 Å². The summed E-state index contributed by atoms with van der Waals surface area (Å²) in [7, 11) is 0. The van der Waals surface area contributed by atoms with Gasteiger partial charge in [0.2, 0.25) is 11.8 Å². The van der Waals surface area contributed by atoms with Crippen LogP contribution in [0.25, 0.3) is 0 Å². The van der Waals surface area contributed by atoms with Crippen LogP contribution >= 0.6 is 15.9 Å². The molecule has 2 heterocycles. The van der Waals surface area contributed by atoms with Gasteiger partial charge in [-0.05, 0) is 68.1 Å². The van der Waals surface area contributed by atoms with Crippen molar-refractivity contribution in [3.8, 4) is 0 Å². The third kappa shape index (κ3) is 6.98. The number of aromatic nitrogens is 3. The standard InChI is InChI=1S/C21H27BrN6O5/c1-12-25-26-19(32-12)13-6-5-7-15(10-13)28(20(31)33-21(2,3)4)27-18(30)17(29)24-16-9-8-14(22)11-23-16/h8-9,11,13,15H,5-7,10H2,1-4H3,(H,27,30)(H,23,24,29)/t13-,15?/m0/s1. The molecular formula is C21H27BrN6O5. The van der Waals surface area contributed by atoms with E-state index in [1.54, 1.807) is 39.8 Å². The first-order valence-electron chi connectivity index (χ1n) is 10.6. The molecule has 2 aromatic heterocycles. The molecule has 0 bridgehead atoms. The zero-order valence-corrected chi connectivity index (χ0v) is 20.5. The van der Waals surface area contributed by atoms with E-state index in [0.717, 1.165) is 22.3 Å². The van der Waals surface area contributed by atoms with Crippen LogP contribution in [0.2, 0.25) is 0 Å². The molecule has 3 rings (SSSR count). The number of ether oxygens (including phenoxy) is 1. The molecule has 1 fully saturated rings. The summed E-state index contributed by atoms with van der Waals surface area (Å²) < 4.78 is 11.8. The van der Waals surface area contributed by atoms with Gasteiger partial charge in [0.1, 0.15) is 11.4 Å². The fourth-order valence-corrected chi connectivity index (χ4v) is 3.71. The smallest absolute Gasteiger partial charge is 0.429 e. The Labute approximate surface area is 199 Å². The molecule has 0 spiro atoms. The van der Waals surface area contributed by atoms with Crippen molar-refractivity contribution in [2.24, 2.45) is 0 Å². The summed E-state index contributed by atoms with van der Waals surface area (Å²) in [4.78, 5) is 42.0. The third-order valence-electron chi connectivity index (χ3n) is 4.89. The Bertz CT molecular complexity index is 1000. The number of nitrogens with one attached hydrogen (secondary N) is 2. The zero-order valence-electron chi connectivity index (χ0n) is 18.9. The van der Waals surface area contributed by atoms with Crippen LogP contribution in [-0.2, 0) is 14.3 Å². The second-order valence-electron chi connectivity index (χ2n) is 8.78. The highest BCUT2D eigenvalue weighted by atomic mass is 79.9. The van der Waals surface area contributed by atoms with Gasteiger partial charge < -0.3 is 14.5 Å². The number of anilines is 1. The van der Waals surface area contributed by atoms with Gasteiger partial charge in [-0.1, -0.05) is 6.42 Å². The number of pyridine rings is 1. The van der Waals surface area contributed by atoms with E-state index >= 15 is 0 Å². The minimum absolute atomic E-state index is 0.0763. The maximum absolute atomic E-state index is 12.9. The molecular weight excluding hydrogens is 496 g/mol. The molecule has 2 N–H and O–H groups in total. The lowest BCUT2D eigenvalue weighted by molar-refractivity contribution is -0.140. The van der Waals surface area contributed by atoms with E-state index in [9.17, 15) is 14.4 Å². The van der Waals surface area contributed by atoms with Gasteiger partial charge in [-0.3, -0.25) is 15.0 Å². The van der Waals surface area contributed by atoms with Crippen LogP contribution < -0.4 is 10.7 Å². The van der Waals surface area contributed by atoms with Crippen LogP contribution in [0.5, 0.6) is 0 Å². The van der Waals surface area contributed by atoms with Gasteiger partial charge in [0.25, 0.3) is 0 Å². The van der Waals surface area contributed by atoms with E-state index in [4.69, 9.17) is 9.15 Å². The molecule has 0 aliphatic heterocycles. The van der Waals surface area contributed by atoms with Crippen molar-refractivity contribution >= 4 is 39.7 Å². The molecule has 1 aliphatic rings. The fraction of sp³-hybridized carbons (Fsp3) is 0.524. The Balaban J connectivity index is 1.74. The zero-order chi connectivity index (χ0) is 24.2. The Morgan fingerprint density at radius 1 is 1.18 bits per heavy atom. The number of carbonyl (C=O) groups is 3. The number of aryl methyl sites for hydroxylation is 1. The lowest BCUT2D eigenvalue weighted by Gasteiger charge is -2.36. The monoisotopic (exact) mass is 522 g/mol. The number of halogens is 1. The topological polar surface area (TPSA) is 140 Å². The lowest BCUT2D eigenvalue weighted by Crippen LogP contribution is -2.56. The quantitative estimate of drug-likeness (QED) is 0.461. The van der Waals surface area contributed by atoms with Crippen molar-refractivity contribution in [1.82, 2.24) is 25.6 Å². The highest BCUT2D eigenvalue weighted by Crippen LogP contribution is 2.34. The molecule has 0 saturated heterocycles. The van der Waals surface area contributed by atoms with Crippen molar-refractivity contribution in [2.45, 2.75) is 70.9 Å². The summed E-state index contributed by atoms with van der Waals surface area (Å²) in [5.74, 6) is -0.895. The number of nitrogens with zero attached hydrogens (tertiary/aromatic N) is 4. The second-order valence-corrected chi connectivity index (χ2v) is 9.70. The third-order valence-corrected chi connectivity index (χ3v) is 5.36. The highest BCUT2D eigenvalue weighted by Gasteiger charge is 2.36. The molecule has 2 atom stereocenters. The second kappa shape index (κ2) is 10.3. The first-order chi connectivity index (χ1) is 15.5. The molecule has 3 amide bonds. The van der Waals surface area contributed by atoms with E-state index in [1.165, 1.54) is 6.20 Å². The Hall–Kier alpha value is -3.02. The molecule has 1 saturated carbocycles. The number of carbonyl (C=O) groups excluding carboxylic acids is 3. The van der Waals surface area contributed by atoms with Crippen molar-refractivity contribution in [3.63, 3.8) is 0 Å². The Morgan fingerprint density at radius 3 is 2.55 bits per heavy atom. The maximum atomic E-state index is 12.9. The summed E-state index contributed by atoms with van der Waals surface area (Å²) in [6.45, 7) is 6.88. The van der Waals surface area contributed by atoms with Crippen molar-refractivity contribution < 1.29 is 23.5 Å². The first kappa shape index (κ1) is 24.6.